The molecule has 0 aromatic carbocycles. The summed E-state index contributed by atoms with van der Waals surface area (Å²) in [5.74, 6) is 0.626. The van der Waals surface area contributed by atoms with Gasteiger partial charge in [-0.05, 0) is 39.7 Å². The van der Waals surface area contributed by atoms with Crippen LogP contribution in [-0.2, 0) is 9.59 Å². The van der Waals surface area contributed by atoms with Crippen LogP contribution in [0, 0.1) is 11.8 Å². The molecule has 2 saturated heterocycles. The number of hydrogen-bond acceptors (Lipinski definition) is 3. The van der Waals surface area contributed by atoms with Gasteiger partial charge < -0.3 is 15.5 Å². The summed E-state index contributed by atoms with van der Waals surface area (Å²) < 4.78 is 0. The molecule has 5 nitrogen and oxygen atoms in total. The molecule has 2 aliphatic heterocycles. The Bertz CT molecular complexity index is 338. The molecular weight excluding hydrogens is 242 g/mol. The van der Waals surface area contributed by atoms with Crippen LogP contribution in [0.4, 0.5) is 0 Å². The third-order valence-corrected chi connectivity index (χ3v) is 4.37. The highest BCUT2D eigenvalue weighted by Gasteiger charge is 2.35. The highest BCUT2D eigenvalue weighted by molar-refractivity contribution is 5.81. The van der Waals surface area contributed by atoms with Crippen molar-refractivity contribution in [2.24, 2.45) is 11.8 Å². The molecule has 2 rings (SSSR count). The summed E-state index contributed by atoms with van der Waals surface area (Å²) >= 11 is 0. The quantitative estimate of drug-likeness (QED) is 0.776. The number of hydrogen-bond donors (Lipinski definition) is 2. The minimum absolute atomic E-state index is 0.0862. The molecule has 0 aromatic rings. The second-order valence-corrected chi connectivity index (χ2v) is 5.63. The van der Waals surface area contributed by atoms with E-state index >= 15 is 0 Å². The lowest BCUT2D eigenvalue weighted by atomic mass is 9.93. The Morgan fingerprint density at radius 2 is 1.95 bits per heavy atom. The molecule has 2 atom stereocenters. The van der Waals surface area contributed by atoms with Crippen molar-refractivity contribution >= 4 is 11.8 Å². The summed E-state index contributed by atoms with van der Waals surface area (Å²) in [5, 5.41) is 6.19. The van der Waals surface area contributed by atoms with Crippen molar-refractivity contribution in [1.82, 2.24) is 15.5 Å². The molecule has 19 heavy (non-hydrogen) atoms. The molecule has 2 fully saturated rings. The van der Waals surface area contributed by atoms with Gasteiger partial charge in [0.05, 0.1) is 5.92 Å². The maximum absolute atomic E-state index is 12.4. The lowest BCUT2D eigenvalue weighted by molar-refractivity contribution is -0.139. The summed E-state index contributed by atoms with van der Waals surface area (Å²) in [6.45, 7) is 7.09. The number of carbonyl (C=O) groups excluding carboxylic acids is 2. The van der Waals surface area contributed by atoms with Crippen molar-refractivity contribution in [3.8, 4) is 0 Å². The van der Waals surface area contributed by atoms with Gasteiger partial charge in [-0.1, -0.05) is 0 Å². The molecule has 0 bridgehead atoms. The number of nitrogens with zero attached hydrogens (tertiary/aromatic N) is 1. The van der Waals surface area contributed by atoms with Crippen LogP contribution in [-0.4, -0.2) is 48.9 Å². The predicted molar refractivity (Wildman–Crippen MR) is 73.6 cm³/mol. The molecule has 0 spiro atoms. The van der Waals surface area contributed by atoms with Gasteiger partial charge in [0.2, 0.25) is 11.8 Å². The highest BCUT2D eigenvalue weighted by atomic mass is 16.2. The zero-order valence-corrected chi connectivity index (χ0v) is 11.9. The van der Waals surface area contributed by atoms with Gasteiger partial charge >= 0.3 is 0 Å². The van der Waals surface area contributed by atoms with Gasteiger partial charge in [0.25, 0.3) is 0 Å². The zero-order chi connectivity index (χ0) is 13.8. The average molecular weight is 267 g/mol. The van der Waals surface area contributed by atoms with Gasteiger partial charge in [-0.3, -0.25) is 9.59 Å². The third-order valence-electron chi connectivity index (χ3n) is 4.37. The maximum Gasteiger partial charge on any atom is 0.227 e. The molecular formula is C14H25N3O2. The number of amides is 2. The number of piperidine rings is 1. The van der Waals surface area contributed by atoms with E-state index in [2.05, 4.69) is 17.6 Å². The third kappa shape index (κ3) is 3.26. The largest absolute Gasteiger partial charge is 0.356 e. The number of carbonyl (C=O) groups is 2. The Morgan fingerprint density at radius 1 is 1.26 bits per heavy atom. The molecule has 108 valence electrons. The van der Waals surface area contributed by atoms with Crippen LogP contribution in [0.25, 0.3) is 0 Å². The first-order valence-corrected chi connectivity index (χ1v) is 7.43. The fourth-order valence-electron chi connectivity index (χ4n) is 3.11. The summed E-state index contributed by atoms with van der Waals surface area (Å²) in [7, 11) is 0. The Kier molecular flexibility index (Phi) is 4.80. The molecule has 5 heteroatoms. The lowest BCUT2D eigenvalue weighted by Crippen LogP contribution is -2.46. The topological polar surface area (TPSA) is 61.4 Å². The van der Waals surface area contributed by atoms with Gasteiger partial charge in [-0.2, -0.15) is 0 Å². The van der Waals surface area contributed by atoms with E-state index in [9.17, 15) is 9.59 Å². The number of rotatable bonds is 3. The molecule has 0 aliphatic carbocycles. The monoisotopic (exact) mass is 267 g/mol. The first-order valence-electron chi connectivity index (χ1n) is 7.43. The Labute approximate surface area is 115 Å². The second kappa shape index (κ2) is 6.37. The van der Waals surface area contributed by atoms with Crippen LogP contribution in [0.1, 0.15) is 33.1 Å². The minimum Gasteiger partial charge on any atom is -0.356 e. The summed E-state index contributed by atoms with van der Waals surface area (Å²) in [6, 6.07) is 0.286. The van der Waals surface area contributed by atoms with Crippen molar-refractivity contribution in [1.29, 1.82) is 0 Å². The normalized spacial score (nSPS) is 28.4. The van der Waals surface area contributed by atoms with E-state index < -0.39 is 0 Å². The van der Waals surface area contributed by atoms with Gasteiger partial charge in [0, 0.05) is 31.6 Å². The van der Waals surface area contributed by atoms with Crippen molar-refractivity contribution in [3.05, 3.63) is 0 Å². The van der Waals surface area contributed by atoms with Gasteiger partial charge in [0.1, 0.15) is 0 Å². The molecule has 0 radical (unpaired) electrons. The first kappa shape index (κ1) is 14.3. The standard InChI is InChI=1S/C14H25N3O2/c1-3-15-13(18)11-5-8-17(9-6-11)14(19)12-4-7-16-10(12)2/h10-12,16H,3-9H2,1-2H3,(H,15,18). The SMILES string of the molecule is CCNC(=O)C1CCN(C(=O)C2CCNC2C)CC1. The molecule has 2 unspecified atom stereocenters. The number of likely N-dealkylation sites (tertiary alicyclic amines) is 1. The fraction of sp³-hybridized carbons (Fsp3) is 0.857. The smallest absolute Gasteiger partial charge is 0.227 e. The van der Waals surface area contributed by atoms with Crippen molar-refractivity contribution in [3.63, 3.8) is 0 Å². The minimum atomic E-state index is 0.0862. The predicted octanol–water partition coefficient (Wildman–Crippen LogP) is 0.359. The van der Waals surface area contributed by atoms with Crippen LogP contribution in [0.5, 0.6) is 0 Å². The van der Waals surface area contributed by atoms with Crippen LogP contribution in [0.15, 0.2) is 0 Å². The van der Waals surface area contributed by atoms with Crippen LogP contribution in [0.2, 0.25) is 0 Å². The van der Waals surface area contributed by atoms with E-state index in [1.165, 1.54) is 0 Å². The summed E-state index contributed by atoms with van der Waals surface area (Å²) in [4.78, 5) is 26.1. The van der Waals surface area contributed by atoms with Crippen LogP contribution >= 0.6 is 0 Å². The molecule has 2 aliphatic rings. The van der Waals surface area contributed by atoms with Gasteiger partial charge in [-0.25, -0.2) is 0 Å². The van der Waals surface area contributed by atoms with E-state index in [0.717, 1.165) is 38.9 Å². The van der Waals surface area contributed by atoms with Crippen molar-refractivity contribution < 1.29 is 9.59 Å². The van der Waals surface area contributed by atoms with E-state index in [4.69, 9.17) is 0 Å². The zero-order valence-electron chi connectivity index (χ0n) is 11.9. The Balaban J connectivity index is 1.82. The van der Waals surface area contributed by atoms with E-state index in [1.807, 2.05) is 11.8 Å². The molecule has 0 saturated carbocycles. The molecule has 2 N–H and O–H groups in total. The molecule has 0 aromatic heterocycles. The van der Waals surface area contributed by atoms with Crippen molar-refractivity contribution in [2.45, 2.75) is 39.2 Å². The van der Waals surface area contributed by atoms with Crippen LogP contribution < -0.4 is 10.6 Å². The van der Waals surface area contributed by atoms with Gasteiger partial charge in [0.15, 0.2) is 0 Å². The summed E-state index contributed by atoms with van der Waals surface area (Å²) in [5.41, 5.74) is 0. The fourth-order valence-corrected chi connectivity index (χ4v) is 3.11. The van der Waals surface area contributed by atoms with Gasteiger partial charge in [-0.15, -0.1) is 0 Å². The Hall–Kier alpha value is -1.10. The molecule has 2 amide bonds. The van der Waals surface area contributed by atoms with E-state index in [0.29, 0.717) is 6.54 Å². The second-order valence-electron chi connectivity index (χ2n) is 5.63. The molecule has 2 heterocycles. The first-order chi connectivity index (χ1) is 9.13. The Morgan fingerprint density at radius 3 is 2.47 bits per heavy atom. The van der Waals surface area contributed by atoms with Crippen LogP contribution in [0.3, 0.4) is 0 Å². The highest BCUT2D eigenvalue weighted by Crippen LogP contribution is 2.23. The summed E-state index contributed by atoms with van der Waals surface area (Å²) in [6.07, 6.45) is 2.54. The maximum atomic E-state index is 12.4. The van der Waals surface area contributed by atoms with Crippen molar-refractivity contribution in [2.75, 3.05) is 26.2 Å². The average Bonchev–Trinajstić information content (AvgIpc) is 2.84. The lowest BCUT2D eigenvalue weighted by Gasteiger charge is -2.33. The number of nitrogens with one attached hydrogen (secondary N) is 2. The van der Waals surface area contributed by atoms with E-state index in [1.54, 1.807) is 0 Å². The van der Waals surface area contributed by atoms with E-state index in [-0.39, 0.29) is 29.7 Å².